The number of esters is 2. The van der Waals surface area contributed by atoms with Gasteiger partial charge in [-0.2, -0.15) is 0 Å². The van der Waals surface area contributed by atoms with Gasteiger partial charge in [0, 0.05) is 12.2 Å². The molecule has 0 radical (unpaired) electrons. The molecule has 1 rings (SSSR count). The number of hydrogen-bond acceptors (Lipinski definition) is 4. The van der Waals surface area contributed by atoms with Crippen molar-refractivity contribution in [3.63, 3.8) is 0 Å². The monoisotopic (exact) mass is 308 g/mol. The van der Waals surface area contributed by atoms with Crippen molar-refractivity contribution in [2.45, 2.75) is 57.8 Å². The van der Waals surface area contributed by atoms with Crippen LogP contribution in [0.5, 0.6) is 0 Å². The minimum Gasteiger partial charge on any atom is -0.463 e. The molecule has 0 N–H and O–H groups in total. The maximum atomic E-state index is 11.0. The van der Waals surface area contributed by atoms with Crippen LogP contribution in [0.15, 0.2) is 25.3 Å². The van der Waals surface area contributed by atoms with Gasteiger partial charge in [0.05, 0.1) is 13.2 Å². The molecule has 4 heteroatoms. The molecule has 22 heavy (non-hydrogen) atoms. The van der Waals surface area contributed by atoms with Crippen molar-refractivity contribution < 1.29 is 19.1 Å². The van der Waals surface area contributed by atoms with Crippen LogP contribution in [-0.2, 0) is 19.1 Å². The number of carbonyl (C=O) groups is 2. The second-order valence-corrected chi connectivity index (χ2v) is 6.01. The minimum atomic E-state index is -0.353. The zero-order valence-corrected chi connectivity index (χ0v) is 13.5. The van der Waals surface area contributed by atoms with Gasteiger partial charge in [-0.25, -0.2) is 9.59 Å². The molecule has 0 atom stereocenters. The Bertz CT molecular complexity index is 351. The largest absolute Gasteiger partial charge is 0.463 e. The van der Waals surface area contributed by atoms with Crippen LogP contribution in [0, 0.1) is 5.41 Å². The van der Waals surface area contributed by atoms with E-state index in [1.54, 1.807) is 0 Å². The molecule has 0 aromatic heterocycles. The standard InChI is InChI=1S/C18H28O4/c1-3-16(19)21-14-8-12-18(10-6-5-7-11-18)13-9-15-22-17(20)4-2/h3-4H,1-2,5-15H2. The van der Waals surface area contributed by atoms with Crippen LogP contribution >= 0.6 is 0 Å². The van der Waals surface area contributed by atoms with Gasteiger partial charge in [0.1, 0.15) is 0 Å². The van der Waals surface area contributed by atoms with Crippen LogP contribution < -0.4 is 0 Å². The third kappa shape index (κ3) is 6.92. The van der Waals surface area contributed by atoms with E-state index in [0.29, 0.717) is 18.6 Å². The minimum absolute atomic E-state index is 0.319. The summed E-state index contributed by atoms with van der Waals surface area (Å²) < 4.78 is 10.1. The lowest BCUT2D eigenvalue weighted by molar-refractivity contribution is -0.138. The molecule has 0 aromatic carbocycles. The Balaban J connectivity index is 2.34. The van der Waals surface area contributed by atoms with E-state index in [1.165, 1.54) is 44.3 Å². The molecule has 1 saturated carbocycles. The molecule has 0 bridgehead atoms. The summed E-state index contributed by atoms with van der Waals surface area (Å²) in [6.45, 7) is 7.69. The summed E-state index contributed by atoms with van der Waals surface area (Å²) in [7, 11) is 0. The predicted molar refractivity (Wildman–Crippen MR) is 86.3 cm³/mol. The number of rotatable bonds is 10. The number of carbonyl (C=O) groups excluding carboxylic acids is 2. The fourth-order valence-corrected chi connectivity index (χ4v) is 3.28. The quantitative estimate of drug-likeness (QED) is 0.348. The molecule has 0 aromatic rings. The molecule has 0 heterocycles. The van der Waals surface area contributed by atoms with Gasteiger partial charge in [0.2, 0.25) is 0 Å². The van der Waals surface area contributed by atoms with Crippen molar-refractivity contribution >= 4 is 11.9 Å². The van der Waals surface area contributed by atoms with E-state index in [1.807, 2.05) is 0 Å². The lowest BCUT2D eigenvalue weighted by Crippen LogP contribution is -2.25. The van der Waals surface area contributed by atoms with Crippen LogP contribution in [0.25, 0.3) is 0 Å². The Labute approximate surface area is 133 Å². The fourth-order valence-electron chi connectivity index (χ4n) is 3.28. The van der Waals surface area contributed by atoms with Gasteiger partial charge in [-0.05, 0) is 43.9 Å². The zero-order valence-electron chi connectivity index (χ0n) is 13.5. The predicted octanol–water partition coefficient (Wildman–Crippen LogP) is 3.96. The SMILES string of the molecule is C=CC(=O)OCCCC1(CCCOC(=O)C=C)CCCCC1. The van der Waals surface area contributed by atoms with Gasteiger partial charge in [-0.1, -0.05) is 32.4 Å². The summed E-state index contributed by atoms with van der Waals surface area (Å²) in [4.78, 5) is 22.1. The van der Waals surface area contributed by atoms with Gasteiger partial charge < -0.3 is 9.47 Å². The van der Waals surface area contributed by atoms with Crippen molar-refractivity contribution in [1.29, 1.82) is 0 Å². The fraction of sp³-hybridized carbons (Fsp3) is 0.667. The second-order valence-electron chi connectivity index (χ2n) is 6.01. The Morgan fingerprint density at radius 3 is 1.73 bits per heavy atom. The first-order valence-electron chi connectivity index (χ1n) is 8.20. The molecule has 1 fully saturated rings. The molecule has 1 aliphatic rings. The summed E-state index contributed by atoms with van der Waals surface area (Å²) in [6.07, 6.45) is 12.6. The van der Waals surface area contributed by atoms with Gasteiger partial charge in [-0.15, -0.1) is 0 Å². The molecule has 0 saturated heterocycles. The highest BCUT2D eigenvalue weighted by Gasteiger charge is 2.31. The molecular weight excluding hydrogens is 280 g/mol. The van der Waals surface area contributed by atoms with Crippen molar-refractivity contribution in [3.8, 4) is 0 Å². The Hall–Kier alpha value is -1.58. The second kappa shape index (κ2) is 10.2. The number of hydrogen-bond donors (Lipinski definition) is 0. The van der Waals surface area contributed by atoms with E-state index in [4.69, 9.17) is 9.47 Å². The van der Waals surface area contributed by atoms with Crippen LogP contribution in [0.3, 0.4) is 0 Å². The van der Waals surface area contributed by atoms with Crippen LogP contribution in [0.4, 0.5) is 0 Å². The van der Waals surface area contributed by atoms with Crippen LogP contribution in [0.2, 0.25) is 0 Å². The topological polar surface area (TPSA) is 52.6 Å². The average Bonchev–Trinajstić information content (AvgIpc) is 2.56. The van der Waals surface area contributed by atoms with Crippen LogP contribution in [-0.4, -0.2) is 25.2 Å². The summed E-state index contributed by atoms with van der Waals surface area (Å²) in [5, 5.41) is 0. The average molecular weight is 308 g/mol. The van der Waals surface area contributed by atoms with E-state index in [-0.39, 0.29) is 11.9 Å². The lowest BCUT2D eigenvalue weighted by Gasteiger charge is -2.37. The first kappa shape index (κ1) is 18.5. The first-order chi connectivity index (χ1) is 10.6. The highest BCUT2D eigenvalue weighted by atomic mass is 16.5. The highest BCUT2D eigenvalue weighted by molar-refractivity contribution is 5.81. The van der Waals surface area contributed by atoms with Crippen molar-refractivity contribution in [3.05, 3.63) is 25.3 Å². The molecule has 0 aliphatic heterocycles. The zero-order chi connectivity index (χ0) is 16.3. The third-order valence-electron chi connectivity index (χ3n) is 4.44. The Morgan fingerprint density at radius 2 is 1.32 bits per heavy atom. The molecule has 0 spiro atoms. The van der Waals surface area contributed by atoms with Gasteiger partial charge in [0.15, 0.2) is 0 Å². The maximum Gasteiger partial charge on any atom is 0.330 e. The summed E-state index contributed by atoms with van der Waals surface area (Å²) in [5.74, 6) is -0.705. The van der Waals surface area contributed by atoms with Gasteiger partial charge in [-0.3, -0.25) is 0 Å². The molecule has 0 unspecified atom stereocenters. The van der Waals surface area contributed by atoms with E-state index < -0.39 is 0 Å². The van der Waals surface area contributed by atoms with E-state index in [0.717, 1.165) is 25.7 Å². The Morgan fingerprint density at radius 1 is 0.864 bits per heavy atom. The number of ether oxygens (including phenoxy) is 2. The van der Waals surface area contributed by atoms with E-state index in [9.17, 15) is 9.59 Å². The smallest absolute Gasteiger partial charge is 0.330 e. The van der Waals surface area contributed by atoms with E-state index in [2.05, 4.69) is 13.2 Å². The van der Waals surface area contributed by atoms with Gasteiger partial charge in [0.25, 0.3) is 0 Å². The summed E-state index contributed by atoms with van der Waals surface area (Å²) >= 11 is 0. The first-order valence-corrected chi connectivity index (χ1v) is 8.20. The maximum absolute atomic E-state index is 11.0. The summed E-state index contributed by atoms with van der Waals surface area (Å²) in [6, 6.07) is 0. The summed E-state index contributed by atoms with van der Waals surface area (Å²) in [5.41, 5.74) is 0.319. The highest BCUT2D eigenvalue weighted by Crippen LogP contribution is 2.43. The van der Waals surface area contributed by atoms with Gasteiger partial charge >= 0.3 is 11.9 Å². The van der Waals surface area contributed by atoms with Crippen molar-refractivity contribution in [2.75, 3.05) is 13.2 Å². The molecule has 1 aliphatic carbocycles. The molecular formula is C18H28O4. The van der Waals surface area contributed by atoms with Crippen molar-refractivity contribution in [2.24, 2.45) is 5.41 Å². The normalized spacial score (nSPS) is 16.5. The van der Waals surface area contributed by atoms with E-state index >= 15 is 0 Å². The molecule has 0 amide bonds. The van der Waals surface area contributed by atoms with Crippen LogP contribution in [0.1, 0.15) is 57.8 Å². The lowest BCUT2D eigenvalue weighted by atomic mass is 9.68. The Kier molecular flexibility index (Phi) is 8.56. The molecule has 4 nitrogen and oxygen atoms in total. The van der Waals surface area contributed by atoms with Crippen molar-refractivity contribution in [1.82, 2.24) is 0 Å². The third-order valence-corrected chi connectivity index (χ3v) is 4.44. The molecule has 124 valence electrons.